The van der Waals surface area contributed by atoms with Crippen LogP contribution in [0.15, 0.2) is 4.99 Å². The molecule has 0 aromatic rings. The average molecular weight is 444 g/mol. The maximum absolute atomic E-state index is 12.7. The Morgan fingerprint density at radius 1 is 0.935 bits per heavy atom. The molecule has 3 unspecified atom stereocenters. The third-order valence-electron chi connectivity index (χ3n) is 4.05. The molecule has 12 N–H and O–H groups in total. The molecule has 0 saturated carbocycles. The largest absolute Gasteiger partial charge is 0.480 e. The normalized spacial score (nSPS) is 13.4. The van der Waals surface area contributed by atoms with E-state index in [1.54, 1.807) is 13.8 Å². The van der Waals surface area contributed by atoms with Gasteiger partial charge in [-0.3, -0.25) is 29.0 Å². The highest BCUT2D eigenvalue weighted by Crippen LogP contribution is 2.03. The van der Waals surface area contributed by atoms with Gasteiger partial charge < -0.3 is 44.0 Å². The van der Waals surface area contributed by atoms with E-state index in [-0.39, 0.29) is 31.3 Å². The molecular weight excluding hydrogens is 412 g/mol. The molecule has 0 radical (unpaired) electrons. The van der Waals surface area contributed by atoms with E-state index in [1.165, 1.54) is 0 Å². The Morgan fingerprint density at radius 3 is 2.00 bits per heavy atom. The maximum atomic E-state index is 12.7. The summed E-state index contributed by atoms with van der Waals surface area (Å²) in [6, 6.07) is -3.48. The number of aliphatic imine (C=N–C) groups is 1. The molecule has 0 heterocycles. The van der Waals surface area contributed by atoms with Crippen molar-refractivity contribution in [3.63, 3.8) is 0 Å². The molecule has 31 heavy (non-hydrogen) atoms. The first kappa shape index (κ1) is 27.6. The molecule has 0 aliphatic heterocycles. The zero-order valence-electron chi connectivity index (χ0n) is 17.6. The monoisotopic (exact) mass is 444 g/mol. The number of carbonyl (C=O) groups is 5. The molecule has 0 rings (SSSR count). The summed E-state index contributed by atoms with van der Waals surface area (Å²) in [5.41, 5.74) is 21.4. The lowest BCUT2D eigenvalue weighted by molar-refractivity contribution is -0.138. The molecule has 0 aliphatic carbocycles. The van der Waals surface area contributed by atoms with Crippen molar-refractivity contribution in [2.45, 2.75) is 51.2 Å². The van der Waals surface area contributed by atoms with Gasteiger partial charge in [-0.15, -0.1) is 0 Å². The van der Waals surface area contributed by atoms with Crippen LogP contribution in [-0.4, -0.2) is 71.9 Å². The zero-order valence-corrected chi connectivity index (χ0v) is 17.6. The molecule has 4 amide bonds. The number of nitrogens with two attached hydrogens (primary N) is 4. The summed E-state index contributed by atoms with van der Waals surface area (Å²) >= 11 is 0. The van der Waals surface area contributed by atoms with E-state index in [1.807, 2.05) is 0 Å². The van der Waals surface area contributed by atoms with Gasteiger partial charge in [0.2, 0.25) is 23.6 Å². The summed E-state index contributed by atoms with van der Waals surface area (Å²) < 4.78 is 0. The second-order valence-electron chi connectivity index (χ2n) is 7.12. The third kappa shape index (κ3) is 12.0. The summed E-state index contributed by atoms with van der Waals surface area (Å²) in [6.45, 7) is 2.90. The van der Waals surface area contributed by atoms with Gasteiger partial charge in [-0.05, 0) is 18.8 Å². The molecule has 3 atom stereocenters. The number of nitrogens with one attached hydrogen (secondary N) is 3. The number of carbonyl (C=O) groups excluding carboxylic acids is 4. The number of nitrogens with zero attached hydrogens (tertiary/aromatic N) is 1. The van der Waals surface area contributed by atoms with E-state index in [4.69, 9.17) is 28.0 Å². The van der Waals surface area contributed by atoms with Crippen LogP contribution in [0.2, 0.25) is 0 Å². The van der Waals surface area contributed by atoms with Gasteiger partial charge in [0.05, 0.1) is 12.5 Å². The third-order valence-corrected chi connectivity index (χ3v) is 4.05. The van der Waals surface area contributed by atoms with E-state index in [2.05, 4.69) is 20.9 Å². The lowest BCUT2D eigenvalue weighted by Gasteiger charge is -2.24. The number of hydrogen-bond donors (Lipinski definition) is 8. The SMILES string of the molecule is CC(C)C(N)C(=O)NC(CC(N)=O)C(=O)NC(CCCN=C(N)N)C(=O)NCC(=O)O. The summed E-state index contributed by atoms with van der Waals surface area (Å²) in [6.07, 6.45) is -0.203. The fourth-order valence-electron chi connectivity index (χ4n) is 2.31. The summed E-state index contributed by atoms with van der Waals surface area (Å²) in [4.78, 5) is 63.0. The van der Waals surface area contributed by atoms with Gasteiger partial charge in [0.15, 0.2) is 5.96 Å². The number of aliphatic carboxylic acids is 1. The molecular formula is C17H32N8O6. The number of rotatable bonds is 14. The molecule has 0 bridgehead atoms. The molecule has 0 saturated heterocycles. The lowest BCUT2D eigenvalue weighted by Crippen LogP contribution is -2.57. The van der Waals surface area contributed by atoms with Gasteiger partial charge in [0, 0.05) is 6.54 Å². The van der Waals surface area contributed by atoms with Crippen LogP contribution < -0.4 is 38.9 Å². The van der Waals surface area contributed by atoms with Crippen LogP contribution in [0.25, 0.3) is 0 Å². The van der Waals surface area contributed by atoms with Crippen LogP contribution in [0, 0.1) is 5.92 Å². The van der Waals surface area contributed by atoms with Gasteiger partial charge in [-0.2, -0.15) is 0 Å². The van der Waals surface area contributed by atoms with E-state index in [9.17, 15) is 24.0 Å². The minimum absolute atomic E-state index is 0.0523. The second kappa shape index (κ2) is 13.7. The van der Waals surface area contributed by atoms with E-state index in [0.717, 1.165) is 0 Å². The quantitative estimate of drug-likeness (QED) is 0.0737. The molecule has 14 nitrogen and oxygen atoms in total. The number of hydrogen-bond acceptors (Lipinski definition) is 7. The van der Waals surface area contributed by atoms with Crippen molar-refractivity contribution in [1.29, 1.82) is 0 Å². The fraction of sp³-hybridized carbons (Fsp3) is 0.647. The molecule has 0 fully saturated rings. The number of amides is 4. The van der Waals surface area contributed by atoms with Crippen LogP contribution in [0.4, 0.5) is 0 Å². The number of primary amides is 1. The molecule has 0 aromatic heterocycles. The van der Waals surface area contributed by atoms with Gasteiger partial charge >= 0.3 is 5.97 Å². The van der Waals surface area contributed by atoms with Crippen LogP contribution in [0.1, 0.15) is 33.1 Å². The highest BCUT2D eigenvalue weighted by Gasteiger charge is 2.29. The summed E-state index contributed by atoms with van der Waals surface area (Å²) in [7, 11) is 0. The van der Waals surface area contributed by atoms with Crippen molar-refractivity contribution in [2.75, 3.05) is 13.1 Å². The predicted molar refractivity (Wildman–Crippen MR) is 111 cm³/mol. The van der Waals surface area contributed by atoms with Crippen molar-refractivity contribution < 1.29 is 29.1 Å². The predicted octanol–water partition coefficient (Wildman–Crippen LogP) is -3.93. The summed E-state index contributed by atoms with van der Waals surface area (Å²) in [5, 5.41) is 15.6. The highest BCUT2D eigenvalue weighted by atomic mass is 16.4. The highest BCUT2D eigenvalue weighted by molar-refractivity contribution is 5.95. The Balaban J connectivity index is 5.34. The van der Waals surface area contributed by atoms with Gasteiger partial charge in [0.25, 0.3) is 0 Å². The first-order valence-corrected chi connectivity index (χ1v) is 9.54. The Hall–Kier alpha value is -3.42. The second-order valence-corrected chi connectivity index (χ2v) is 7.12. The van der Waals surface area contributed by atoms with Crippen LogP contribution in [-0.2, 0) is 24.0 Å². The Morgan fingerprint density at radius 2 is 1.52 bits per heavy atom. The van der Waals surface area contributed by atoms with Crippen LogP contribution in [0.3, 0.4) is 0 Å². The maximum Gasteiger partial charge on any atom is 0.322 e. The first-order chi connectivity index (χ1) is 14.3. The Labute approximate surface area is 179 Å². The minimum atomic E-state index is -1.37. The lowest BCUT2D eigenvalue weighted by atomic mass is 10.0. The van der Waals surface area contributed by atoms with Gasteiger partial charge in [-0.25, -0.2) is 0 Å². The van der Waals surface area contributed by atoms with Crippen molar-refractivity contribution >= 4 is 35.6 Å². The Bertz CT molecular complexity index is 692. The average Bonchev–Trinajstić information content (AvgIpc) is 2.66. The first-order valence-electron chi connectivity index (χ1n) is 9.54. The minimum Gasteiger partial charge on any atom is -0.480 e. The van der Waals surface area contributed by atoms with Crippen LogP contribution >= 0.6 is 0 Å². The van der Waals surface area contributed by atoms with E-state index >= 15 is 0 Å². The smallest absolute Gasteiger partial charge is 0.322 e. The van der Waals surface area contributed by atoms with Crippen molar-refractivity contribution in [1.82, 2.24) is 16.0 Å². The van der Waals surface area contributed by atoms with E-state index in [0.29, 0.717) is 0 Å². The zero-order chi connectivity index (χ0) is 24.1. The summed E-state index contributed by atoms with van der Waals surface area (Å²) in [5.74, 6) is -4.83. The van der Waals surface area contributed by atoms with Crippen molar-refractivity contribution in [3.05, 3.63) is 0 Å². The standard InChI is InChI=1S/C17H32N8O6/c1-8(2)13(19)16(31)25-10(6-11(18)26)15(30)24-9(4-3-5-22-17(20)21)14(29)23-7-12(27)28/h8-10,13H,3-7,19H2,1-2H3,(H2,18,26)(H,23,29)(H,24,30)(H,25,31)(H,27,28)(H4,20,21,22). The topological polar surface area (TPSA) is 258 Å². The van der Waals surface area contributed by atoms with Gasteiger partial charge in [-0.1, -0.05) is 13.8 Å². The number of guanidine groups is 1. The van der Waals surface area contributed by atoms with Crippen LogP contribution in [0.5, 0.6) is 0 Å². The number of carboxylic acid groups (broad SMARTS) is 1. The molecule has 0 aromatic carbocycles. The molecule has 0 spiro atoms. The number of carboxylic acids is 1. The Kier molecular flexibility index (Phi) is 12.2. The molecule has 14 heteroatoms. The molecule has 0 aliphatic rings. The van der Waals surface area contributed by atoms with E-state index < -0.39 is 60.7 Å². The molecule has 176 valence electrons. The van der Waals surface area contributed by atoms with Crippen molar-refractivity contribution in [3.8, 4) is 0 Å². The van der Waals surface area contributed by atoms with Crippen molar-refractivity contribution in [2.24, 2.45) is 33.8 Å². The van der Waals surface area contributed by atoms with Gasteiger partial charge in [0.1, 0.15) is 18.6 Å². The fourth-order valence-corrected chi connectivity index (χ4v) is 2.31.